The van der Waals surface area contributed by atoms with Crippen molar-refractivity contribution in [3.63, 3.8) is 0 Å². The number of aryl methyl sites for hydroxylation is 2. The highest BCUT2D eigenvalue weighted by molar-refractivity contribution is 9.11. The fourth-order valence-electron chi connectivity index (χ4n) is 1.85. The lowest BCUT2D eigenvalue weighted by atomic mass is 10.1. The van der Waals surface area contributed by atoms with E-state index in [0.29, 0.717) is 0 Å². The van der Waals surface area contributed by atoms with Gasteiger partial charge in [0.1, 0.15) is 0 Å². The lowest BCUT2D eigenvalue weighted by molar-refractivity contribution is 0.579. The number of rotatable bonds is 4. The molecule has 0 aliphatic rings. The zero-order valence-corrected chi connectivity index (χ0v) is 12.6. The summed E-state index contributed by atoms with van der Waals surface area (Å²) in [5, 5.41) is 7.76. The minimum Gasteiger partial charge on any atom is -0.305 e. The average Bonchev–Trinajstić information content (AvgIpc) is 2.83. The fourth-order valence-corrected chi connectivity index (χ4v) is 3.51. The van der Waals surface area contributed by atoms with Gasteiger partial charge in [-0.3, -0.25) is 4.68 Å². The van der Waals surface area contributed by atoms with Crippen molar-refractivity contribution in [1.29, 1.82) is 0 Å². The Morgan fingerprint density at radius 1 is 1.59 bits per heavy atom. The van der Waals surface area contributed by atoms with Crippen LogP contribution in [0.25, 0.3) is 0 Å². The van der Waals surface area contributed by atoms with Gasteiger partial charge in [-0.15, -0.1) is 11.3 Å². The van der Waals surface area contributed by atoms with Crippen LogP contribution in [0.3, 0.4) is 0 Å². The molecule has 0 radical (unpaired) electrons. The fraction of sp³-hybridized carbons (Fsp3) is 0.417. The van der Waals surface area contributed by atoms with Crippen molar-refractivity contribution in [1.82, 2.24) is 15.1 Å². The maximum atomic E-state index is 4.24. The van der Waals surface area contributed by atoms with Crippen LogP contribution in [-0.2, 0) is 7.05 Å². The quantitative estimate of drug-likeness (QED) is 0.939. The first-order chi connectivity index (χ1) is 8.13. The molecule has 0 aromatic carbocycles. The molecule has 3 nitrogen and oxygen atoms in total. The Labute approximate surface area is 114 Å². The molecule has 5 heteroatoms. The van der Waals surface area contributed by atoms with Gasteiger partial charge in [-0.2, -0.15) is 5.10 Å². The van der Waals surface area contributed by atoms with Crippen LogP contribution in [0, 0.1) is 6.92 Å². The Morgan fingerprint density at radius 3 is 2.82 bits per heavy atom. The van der Waals surface area contributed by atoms with Crippen LogP contribution in [0.2, 0.25) is 0 Å². The number of nitrogens with one attached hydrogen (secondary N) is 1. The number of halogens is 1. The van der Waals surface area contributed by atoms with E-state index in [0.717, 1.165) is 6.54 Å². The highest BCUT2D eigenvalue weighted by Crippen LogP contribution is 2.34. The van der Waals surface area contributed by atoms with E-state index in [4.69, 9.17) is 0 Å². The van der Waals surface area contributed by atoms with Crippen LogP contribution >= 0.6 is 27.3 Å². The predicted molar refractivity (Wildman–Crippen MR) is 75.5 cm³/mol. The lowest BCUT2D eigenvalue weighted by Crippen LogP contribution is -2.23. The maximum Gasteiger partial charge on any atom is 0.0842 e. The molecule has 17 heavy (non-hydrogen) atoms. The van der Waals surface area contributed by atoms with Crippen LogP contribution in [0.5, 0.6) is 0 Å². The van der Waals surface area contributed by atoms with Crippen LogP contribution in [0.15, 0.2) is 22.1 Å². The summed E-state index contributed by atoms with van der Waals surface area (Å²) in [5.41, 5.74) is 2.48. The molecule has 2 aromatic heterocycles. The van der Waals surface area contributed by atoms with Crippen molar-refractivity contribution in [2.75, 3.05) is 6.54 Å². The molecule has 0 saturated heterocycles. The van der Waals surface area contributed by atoms with Gasteiger partial charge in [-0.1, -0.05) is 6.92 Å². The number of thiophene rings is 1. The molecule has 1 atom stereocenters. The zero-order valence-electron chi connectivity index (χ0n) is 10.2. The minimum absolute atomic E-state index is 0.225. The van der Waals surface area contributed by atoms with E-state index in [2.05, 4.69) is 52.3 Å². The molecule has 0 bridgehead atoms. The van der Waals surface area contributed by atoms with Crippen molar-refractivity contribution in [2.45, 2.75) is 19.9 Å². The van der Waals surface area contributed by atoms with Gasteiger partial charge in [0, 0.05) is 18.1 Å². The standard InChI is InChI=1S/C12H16BrN3S/c1-4-14-11(9-5-6-15-16(9)3)10-7-8(2)12(13)17-10/h5-7,11,14H,4H2,1-3H3. The summed E-state index contributed by atoms with van der Waals surface area (Å²) >= 11 is 5.37. The predicted octanol–water partition coefficient (Wildman–Crippen LogP) is 3.25. The molecule has 2 heterocycles. The first-order valence-corrected chi connectivity index (χ1v) is 7.21. The molecule has 0 aliphatic heterocycles. The molecule has 0 fully saturated rings. The smallest absolute Gasteiger partial charge is 0.0842 e. The van der Waals surface area contributed by atoms with Gasteiger partial charge in [0.05, 0.1) is 15.5 Å². The molecule has 0 saturated carbocycles. The van der Waals surface area contributed by atoms with Gasteiger partial charge in [0.25, 0.3) is 0 Å². The van der Waals surface area contributed by atoms with E-state index in [1.54, 1.807) is 11.3 Å². The second-order valence-electron chi connectivity index (χ2n) is 3.98. The van der Waals surface area contributed by atoms with Crippen molar-refractivity contribution in [3.05, 3.63) is 38.3 Å². The first kappa shape index (κ1) is 12.8. The maximum absolute atomic E-state index is 4.24. The van der Waals surface area contributed by atoms with Crippen molar-refractivity contribution in [3.8, 4) is 0 Å². The van der Waals surface area contributed by atoms with Crippen LogP contribution in [0.4, 0.5) is 0 Å². The number of hydrogen-bond acceptors (Lipinski definition) is 3. The monoisotopic (exact) mass is 313 g/mol. The van der Waals surface area contributed by atoms with Gasteiger partial charge in [0.2, 0.25) is 0 Å². The van der Waals surface area contributed by atoms with E-state index in [9.17, 15) is 0 Å². The van der Waals surface area contributed by atoms with Crippen LogP contribution < -0.4 is 5.32 Å². The minimum atomic E-state index is 0.225. The summed E-state index contributed by atoms with van der Waals surface area (Å²) in [7, 11) is 1.98. The van der Waals surface area contributed by atoms with E-state index in [1.165, 1.54) is 19.9 Å². The molecule has 0 amide bonds. The Balaban J connectivity index is 2.39. The molecule has 1 unspecified atom stereocenters. The first-order valence-electron chi connectivity index (χ1n) is 5.60. The second kappa shape index (κ2) is 5.33. The molecule has 1 N–H and O–H groups in total. The third kappa shape index (κ3) is 2.61. The molecule has 92 valence electrons. The van der Waals surface area contributed by atoms with E-state index < -0.39 is 0 Å². The number of aromatic nitrogens is 2. The molecule has 2 aromatic rings. The molecular formula is C12H16BrN3S. The van der Waals surface area contributed by atoms with Crippen molar-refractivity contribution >= 4 is 27.3 Å². The van der Waals surface area contributed by atoms with Crippen molar-refractivity contribution < 1.29 is 0 Å². The number of hydrogen-bond donors (Lipinski definition) is 1. The summed E-state index contributed by atoms with van der Waals surface area (Å²) in [6.07, 6.45) is 1.84. The third-order valence-electron chi connectivity index (χ3n) is 2.72. The molecule has 0 spiro atoms. The summed E-state index contributed by atoms with van der Waals surface area (Å²) in [6.45, 7) is 5.18. The van der Waals surface area contributed by atoms with Gasteiger partial charge < -0.3 is 5.32 Å². The van der Waals surface area contributed by atoms with E-state index >= 15 is 0 Å². The Bertz CT molecular complexity index is 484. The molecular weight excluding hydrogens is 298 g/mol. The van der Waals surface area contributed by atoms with Gasteiger partial charge in [-0.25, -0.2) is 0 Å². The zero-order chi connectivity index (χ0) is 12.4. The van der Waals surface area contributed by atoms with Gasteiger partial charge >= 0.3 is 0 Å². The SMILES string of the molecule is CCNC(c1cc(C)c(Br)s1)c1ccnn1C. The average molecular weight is 314 g/mol. The lowest BCUT2D eigenvalue weighted by Gasteiger charge is -2.16. The third-order valence-corrected chi connectivity index (χ3v) is 4.93. The summed E-state index contributed by atoms with van der Waals surface area (Å²) in [4.78, 5) is 1.32. The molecule has 0 aliphatic carbocycles. The van der Waals surface area contributed by atoms with E-state index in [-0.39, 0.29) is 6.04 Å². The van der Waals surface area contributed by atoms with Crippen LogP contribution in [-0.4, -0.2) is 16.3 Å². The second-order valence-corrected chi connectivity index (χ2v) is 6.38. The highest BCUT2D eigenvalue weighted by Gasteiger charge is 2.19. The van der Waals surface area contributed by atoms with Gasteiger partial charge in [0.15, 0.2) is 0 Å². The Kier molecular flexibility index (Phi) is 4.01. The van der Waals surface area contributed by atoms with Gasteiger partial charge in [-0.05, 0) is 47.1 Å². The summed E-state index contributed by atoms with van der Waals surface area (Å²) in [5.74, 6) is 0. The topological polar surface area (TPSA) is 29.9 Å². The Morgan fingerprint density at radius 2 is 2.35 bits per heavy atom. The summed E-state index contributed by atoms with van der Waals surface area (Å²) in [6, 6.07) is 4.52. The normalized spacial score (nSPS) is 12.9. The largest absolute Gasteiger partial charge is 0.305 e. The van der Waals surface area contributed by atoms with Crippen molar-refractivity contribution in [2.24, 2.45) is 7.05 Å². The highest BCUT2D eigenvalue weighted by atomic mass is 79.9. The van der Waals surface area contributed by atoms with E-state index in [1.807, 2.05) is 17.9 Å². The molecule has 2 rings (SSSR count). The van der Waals surface area contributed by atoms with Crippen LogP contribution in [0.1, 0.15) is 29.1 Å². The number of nitrogens with zero attached hydrogens (tertiary/aromatic N) is 2. The Hall–Kier alpha value is -0.650. The summed E-state index contributed by atoms with van der Waals surface area (Å²) < 4.78 is 3.13.